The molecule has 8 heteroatoms. The van der Waals surface area contributed by atoms with Gasteiger partial charge in [-0.25, -0.2) is 9.07 Å². The zero-order chi connectivity index (χ0) is 16.9. The molecule has 2 heterocycles. The van der Waals surface area contributed by atoms with Gasteiger partial charge in [0.25, 0.3) is 5.91 Å². The maximum absolute atomic E-state index is 12.9. The number of amides is 1. The Hall–Kier alpha value is -3.00. The van der Waals surface area contributed by atoms with E-state index in [-0.39, 0.29) is 11.5 Å². The molecular formula is C16H15FN4O3. The van der Waals surface area contributed by atoms with Crippen LogP contribution >= 0.6 is 0 Å². The molecular weight excluding hydrogens is 315 g/mol. The molecule has 1 N–H and O–H groups in total. The van der Waals surface area contributed by atoms with Gasteiger partial charge in [0.05, 0.1) is 18.1 Å². The Morgan fingerprint density at radius 3 is 2.92 bits per heavy atom. The van der Waals surface area contributed by atoms with E-state index in [2.05, 4.69) is 15.6 Å². The molecule has 0 radical (unpaired) electrons. The number of halogens is 1. The average Bonchev–Trinajstić information content (AvgIpc) is 3.23. The minimum Gasteiger partial charge on any atom is -0.360 e. The molecule has 0 unspecified atom stereocenters. The van der Waals surface area contributed by atoms with Gasteiger partial charge in [-0.3, -0.25) is 4.79 Å². The quantitative estimate of drug-likeness (QED) is 0.751. The molecule has 0 fully saturated rings. The summed E-state index contributed by atoms with van der Waals surface area (Å²) < 4.78 is 24.8. The molecule has 0 saturated carbocycles. The van der Waals surface area contributed by atoms with Crippen LogP contribution in [0.5, 0.6) is 0 Å². The summed E-state index contributed by atoms with van der Waals surface area (Å²) in [5.41, 5.74) is 1.27. The molecule has 3 aromatic rings. The molecule has 1 amide bonds. The van der Waals surface area contributed by atoms with Crippen molar-refractivity contribution in [2.24, 2.45) is 0 Å². The molecule has 0 aliphatic heterocycles. The van der Waals surface area contributed by atoms with E-state index in [1.54, 1.807) is 23.0 Å². The highest BCUT2D eigenvalue weighted by Gasteiger charge is 2.14. The van der Waals surface area contributed by atoms with Crippen LogP contribution in [-0.2, 0) is 11.5 Å². The first-order valence-electron chi connectivity index (χ1n) is 7.30. The standard InChI is InChI=1S/C16H15FN4O3/c1-2-23-10-21-9-13(8-18-21)19-16(22)14-7-15(24-20-14)11-3-5-12(17)6-4-11/h3-9H,2,10H2,1H3,(H,19,22). The first kappa shape index (κ1) is 15.9. The Bertz CT molecular complexity index is 826. The van der Waals surface area contributed by atoms with Crippen molar-refractivity contribution in [1.29, 1.82) is 0 Å². The maximum Gasteiger partial charge on any atom is 0.277 e. The number of ether oxygens (including phenoxy) is 1. The van der Waals surface area contributed by atoms with Gasteiger partial charge < -0.3 is 14.6 Å². The van der Waals surface area contributed by atoms with Crippen molar-refractivity contribution in [3.63, 3.8) is 0 Å². The minimum atomic E-state index is -0.428. The number of hydrogen-bond acceptors (Lipinski definition) is 5. The summed E-state index contributed by atoms with van der Waals surface area (Å²) in [6.07, 6.45) is 3.16. The Morgan fingerprint density at radius 1 is 1.38 bits per heavy atom. The fourth-order valence-corrected chi connectivity index (χ4v) is 2.01. The molecule has 0 bridgehead atoms. The number of nitrogens with zero attached hydrogens (tertiary/aromatic N) is 3. The molecule has 24 heavy (non-hydrogen) atoms. The van der Waals surface area contributed by atoms with Gasteiger partial charge in [0.1, 0.15) is 12.5 Å². The fourth-order valence-electron chi connectivity index (χ4n) is 2.01. The Labute approximate surface area is 137 Å². The summed E-state index contributed by atoms with van der Waals surface area (Å²) in [6, 6.07) is 7.21. The lowest BCUT2D eigenvalue weighted by Crippen LogP contribution is -2.11. The van der Waals surface area contributed by atoms with Crippen LogP contribution in [0.3, 0.4) is 0 Å². The van der Waals surface area contributed by atoms with E-state index in [0.717, 1.165) is 0 Å². The number of nitrogens with one attached hydrogen (secondary N) is 1. The highest BCUT2D eigenvalue weighted by atomic mass is 19.1. The van der Waals surface area contributed by atoms with Gasteiger partial charge in [-0.1, -0.05) is 5.16 Å². The van der Waals surface area contributed by atoms with E-state index >= 15 is 0 Å². The number of rotatable bonds is 6. The second kappa shape index (κ2) is 7.05. The average molecular weight is 330 g/mol. The molecule has 7 nitrogen and oxygen atoms in total. The lowest BCUT2D eigenvalue weighted by atomic mass is 10.1. The number of carbonyl (C=O) groups excluding carboxylic acids is 1. The second-order valence-electron chi connectivity index (χ2n) is 4.93. The SMILES string of the molecule is CCOCn1cc(NC(=O)c2cc(-c3ccc(F)cc3)on2)cn1. The summed E-state index contributed by atoms with van der Waals surface area (Å²) in [7, 11) is 0. The van der Waals surface area contributed by atoms with Crippen LogP contribution < -0.4 is 5.32 Å². The van der Waals surface area contributed by atoms with Crippen molar-refractivity contribution in [1.82, 2.24) is 14.9 Å². The Balaban J connectivity index is 1.67. The van der Waals surface area contributed by atoms with Gasteiger partial charge in [0, 0.05) is 18.2 Å². The second-order valence-corrected chi connectivity index (χ2v) is 4.93. The van der Waals surface area contributed by atoms with Crippen LogP contribution in [0.15, 0.2) is 47.2 Å². The minimum absolute atomic E-state index is 0.117. The Morgan fingerprint density at radius 2 is 2.17 bits per heavy atom. The monoisotopic (exact) mass is 330 g/mol. The third-order valence-corrected chi connectivity index (χ3v) is 3.19. The van der Waals surface area contributed by atoms with Gasteiger partial charge >= 0.3 is 0 Å². The van der Waals surface area contributed by atoms with Crippen LogP contribution in [0.2, 0.25) is 0 Å². The molecule has 0 spiro atoms. The van der Waals surface area contributed by atoms with Crippen molar-refractivity contribution >= 4 is 11.6 Å². The first-order chi connectivity index (χ1) is 11.7. The Kier molecular flexibility index (Phi) is 4.66. The zero-order valence-electron chi connectivity index (χ0n) is 12.9. The number of anilines is 1. The van der Waals surface area contributed by atoms with Gasteiger partial charge in [0.15, 0.2) is 11.5 Å². The molecule has 0 atom stereocenters. The van der Waals surface area contributed by atoms with Crippen LogP contribution in [0.25, 0.3) is 11.3 Å². The predicted octanol–water partition coefficient (Wildman–Crippen LogP) is 2.92. The van der Waals surface area contributed by atoms with Gasteiger partial charge in [-0.05, 0) is 31.2 Å². The van der Waals surface area contributed by atoms with Crippen molar-refractivity contribution in [2.45, 2.75) is 13.7 Å². The van der Waals surface area contributed by atoms with E-state index in [1.165, 1.54) is 24.4 Å². The highest BCUT2D eigenvalue weighted by Crippen LogP contribution is 2.21. The molecule has 3 rings (SSSR count). The van der Waals surface area contributed by atoms with E-state index in [9.17, 15) is 9.18 Å². The van der Waals surface area contributed by atoms with E-state index in [0.29, 0.717) is 30.3 Å². The molecule has 0 aliphatic rings. The number of carbonyl (C=O) groups is 1. The van der Waals surface area contributed by atoms with Crippen molar-refractivity contribution < 1.29 is 18.4 Å². The van der Waals surface area contributed by atoms with E-state index < -0.39 is 5.91 Å². The molecule has 2 aromatic heterocycles. The maximum atomic E-state index is 12.9. The molecule has 124 valence electrons. The normalized spacial score (nSPS) is 10.8. The van der Waals surface area contributed by atoms with Crippen LogP contribution in [0, 0.1) is 5.82 Å². The van der Waals surface area contributed by atoms with Crippen molar-refractivity contribution in [3.8, 4) is 11.3 Å². The summed E-state index contributed by atoms with van der Waals surface area (Å²) in [4.78, 5) is 12.2. The van der Waals surface area contributed by atoms with Crippen molar-refractivity contribution in [3.05, 3.63) is 54.2 Å². The lowest BCUT2D eigenvalue weighted by Gasteiger charge is -2.00. The summed E-state index contributed by atoms with van der Waals surface area (Å²) >= 11 is 0. The number of aromatic nitrogens is 3. The van der Waals surface area contributed by atoms with E-state index in [4.69, 9.17) is 9.26 Å². The number of benzene rings is 1. The van der Waals surface area contributed by atoms with Crippen LogP contribution in [0.1, 0.15) is 17.4 Å². The van der Waals surface area contributed by atoms with Crippen LogP contribution in [0.4, 0.5) is 10.1 Å². The molecule has 0 aliphatic carbocycles. The summed E-state index contributed by atoms with van der Waals surface area (Å²) in [5, 5.41) is 10.5. The summed E-state index contributed by atoms with van der Waals surface area (Å²) in [5.74, 6) is -0.393. The number of hydrogen-bond donors (Lipinski definition) is 1. The largest absolute Gasteiger partial charge is 0.360 e. The van der Waals surface area contributed by atoms with E-state index in [1.807, 2.05) is 6.92 Å². The van der Waals surface area contributed by atoms with Crippen molar-refractivity contribution in [2.75, 3.05) is 11.9 Å². The third-order valence-electron chi connectivity index (χ3n) is 3.19. The fraction of sp³-hybridized carbons (Fsp3) is 0.188. The third kappa shape index (κ3) is 3.66. The van der Waals surface area contributed by atoms with Gasteiger partial charge in [-0.2, -0.15) is 5.10 Å². The van der Waals surface area contributed by atoms with Crippen LogP contribution in [-0.4, -0.2) is 27.5 Å². The molecule has 1 aromatic carbocycles. The smallest absolute Gasteiger partial charge is 0.277 e. The van der Waals surface area contributed by atoms with Gasteiger partial charge in [0.2, 0.25) is 0 Å². The van der Waals surface area contributed by atoms with Gasteiger partial charge in [-0.15, -0.1) is 0 Å². The highest BCUT2D eigenvalue weighted by molar-refractivity contribution is 6.03. The lowest BCUT2D eigenvalue weighted by molar-refractivity contribution is 0.0792. The zero-order valence-corrected chi connectivity index (χ0v) is 12.9. The topological polar surface area (TPSA) is 82.2 Å². The molecule has 0 saturated heterocycles. The first-order valence-corrected chi connectivity index (χ1v) is 7.30. The predicted molar refractivity (Wildman–Crippen MR) is 83.7 cm³/mol. The summed E-state index contributed by atoms with van der Waals surface area (Å²) in [6.45, 7) is 2.77.